The van der Waals surface area contributed by atoms with Crippen molar-refractivity contribution in [3.8, 4) is 0 Å². The minimum Gasteiger partial charge on any atom is -0.368 e. The Balaban J connectivity index is 1.69. The van der Waals surface area contributed by atoms with Crippen molar-refractivity contribution in [2.75, 3.05) is 0 Å². The largest absolute Gasteiger partial charge is 0.368 e. The molecule has 1 aromatic carbocycles. The van der Waals surface area contributed by atoms with Crippen LogP contribution in [0.1, 0.15) is 44.1 Å². The lowest BCUT2D eigenvalue weighted by Gasteiger charge is -2.39. The molecule has 2 saturated carbocycles. The van der Waals surface area contributed by atoms with Gasteiger partial charge in [-0.2, -0.15) is 0 Å². The van der Waals surface area contributed by atoms with Gasteiger partial charge in [0.25, 0.3) is 0 Å². The van der Waals surface area contributed by atoms with Crippen molar-refractivity contribution in [1.29, 1.82) is 0 Å². The zero-order valence-electron chi connectivity index (χ0n) is 12.0. The van der Waals surface area contributed by atoms with Crippen LogP contribution < -0.4 is 11.1 Å². The van der Waals surface area contributed by atoms with Crippen LogP contribution in [-0.2, 0) is 11.3 Å². The monoisotopic (exact) mass is 272 g/mol. The van der Waals surface area contributed by atoms with E-state index in [4.69, 9.17) is 5.73 Å². The number of nitrogens with one attached hydrogen (secondary N) is 1. The SMILES string of the molecule is NC(=O)C1(NCc2ccccc2)CCCC(C2CC2)C1. The van der Waals surface area contributed by atoms with Crippen LogP contribution in [0.15, 0.2) is 30.3 Å². The molecule has 0 radical (unpaired) electrons. The molecule has 2 aliphatic rings. The summed E-state index contributed by atoms with van der Waals surface area (Å²) in [6.07, 6.45) is 6.90. The van der Waals surface area contributed by atoms with Gasteiger partial charge >= 0.3 is 0 Å². The van der Waals surface area contributed by atoms with E-state index in [0.717, 1.165) is 31.7 Å². The van der Waals surface area contributed by atoms with Crippen LogP contribution in [0.5, 0.6) is 0 Å². The smallest absolute Gasteiger partial charge is 0.237 e. The number of carbonyl (C=O) groups excluding carboxylic acids is 1. The molecule has 2 atom stereocenters. The maximum absolute atomic E-state index is 12.0. The van der Waals surface area contributed by atoms with Gasteiger partial charge in [-0.1, -0.05) is 43.2 Å². The number of nitrogens with two attached hydrogens (primary N) is 1. The summed E-state index contributed by atoms with van der Waals surface area (Å²) in [5, 5.41) is 3.49. The predicted molar refractivity (Wildman–Crippen MR) is 79.9 cm³/mol. The lowest BCUT2D eigenvalue weighted by molar-refractivity contribution is -0.126. The molecule has 3 nitrogen and oxygen atoms in total. The van der Waals surface area contributed by atoms with Crippen LogP contribution in [0.3, 0.4) is 0 Å². The van der Waals surface area contributed by atoms with E-state index in [9.17, 15) is 4.79 Å². The van der Waals surface area contributed by atoms with Crippen molar-refractivity contribution in [3.05, 3.63) is 35.9 Å². The lowest BCUT2D eigenvalue weighted by atomic mass is 9.73. The highest BCUT2D eigenvalue weighted by Gasteiger charge is 2.45. The number of carbonyl (C=O) groups is 1. The topological polar surface area (TPSA) is 55.1 Å². The number of primary amides is 1. The first kappa shape index (κ1) is 13.6. The van der Waals surface area contributed by atoms with Crippen molar-refractivity contribution < 1.29 is 4.79 Å². The predicted octanol–water partition coefficient (Wildman–Crippen LogP) is 2.60. The standard InChI is InChI=1S/C17H24N2O/c18-16(20)17(19-12-13-5-2-1-3-6-13)10-4-7-15(11-17)14-8-9-14/h1-3,5-6,14-15,19H,4,7-12H2,(H2,18,20). The molecule has 0 bridgehead atoms. The highest BCUT2D eigenvalue weighted by molar-refractivity contribution is 5.84. The van der Waals surface area contributed by atoms with Gasteiger partial charge < -0.3 is 5.73 Å². The van der Waals surface area contributed by atoms with Crippen molar-refractivity contribution >= 4 is 5.91 Å². The molecular formula is C17H24N2O. The molecular weight excluding hydrogens is 248 g/mol. The van der Waals surface area contributed by atoms with E-state index >= 15 is 0 Å². The van der Waals surface area contributed by atoms with Crippen LogP contribution in [0, 0.1) is 11.8 Å². The normalized spacial score (nSPS) is 30.1. The first-order valence-corrected chi connectivity index (χ1v) is 7.78. The molecule has 2 fully saturated rings. The first-order valence-electron chi connectivity index (χ1n) is 7.78. The summed E-state index contributed by atoms with van der Waals surface area (Å²) in [5.74, 6) is 1.38. The van der Waals surface area contributed by atoms with E-state index in [1.807, 2.05) is 18.2 Å². The van der Waals surface area contributed by atoms with Gasteiger partial charge in [-0.15, -0.1) is 0 Å². The van der Waals surface area contributed by atoms with E-state index in [0.29, 0.717) is 5.92 Å². The maximum Gasteiger partial charge on any atom is 0.237 e. The average molecular weight is 272 g/mol. The highest BCUT2D eigenvalue weighted by atomic mass is 16.1. The fraction of sp³-hybridized carbons (Fsp3) is 0.588. The summed E-state index contributed by atoms with van der Waals surface area (Å²) in [4.78, 5) is 12.0. The maximum atomic E-state index is 12.0. The minimum atomic E-state index is -0.485. The summed E-state index contributed by atoms with van der Waals surface area (Å²) >= 11 is 0. The van der Waals surface area contributed by atoms with E-state index in [1.54, 1.807) is 0 Å². The van der Waals surface area contributed by atoms with Gasteiger partial charge in [-0.05, 0) is 43.1 Å². The van der Waals surface area contributed by atoms with Crippen LogP contribution in [-0.4, -0.2) is 11.4 Å². The molecule has 20 heavy (non-hydrogen) atoms. The third-order valence-electron chi connectivity index (χ3n) is 5.02. The first-order chi connectivity index (χ1) is 9.70. The fourth-order valence-electron chi connectivity index (χ4n) is 3.63. The van der Waals surface area contributed by atoms with E-state index in [-0.39, 0.29) is 5.91 Å². The Morgan fingerprint density at radius 1 is 1.20 bits per heavy atom. The number of benzene rings is 1. The number of hydrogen-bond donors (Lipinski definition) is 2. The second kappa shape index (κ2) is 5.57. The van der Waals surface area contributed by atoms with E-state index < -0.39 is 5.54 Å². The van der Waals surface area contributed by atoms with Gasteiger partial charge in [-0.3, -0.25) is 10.1 Å². The highest BCUT2D eigenvalue weighted by Crippen LogP contribution is 2.46. The molecule has 2 unspecified atom stereocenters. The Hall–Kier alpha value is -1.35. The van der Waals surface area contributed by atoms with Gasteiger partial charge in [0.05, 0.1) is 5.54 Å². The van der Waals surface area contributed by atoms with E-state index in [1.165, 1.54) is 24.8 Å². The van der Waals surface area contributed by atoms with Gasteiger partial charge in [0, 0.05) is 6.54 Å². The van der Waals surface area contributed by atoms with Crippen LogP contribution in [0.25, 0.3) is 0 Å². The molecule has 0 aromatic heterocycles. The van der Waals surface area contributed by atoms with Gasteiger partial charge in [0.1, 0.15) is 0 Å². The number of amides is 1. The second-order valence-electron chi connectivity index (χ2n) is 6.48. The molecule has 0 heterocycles. The summed E-state index contributed by atoms with van der Waals surface area (Å²) in [7, 11) is 0. The second-order valence-corrected chi connectivity index (χ2v) is 6.48. The summed E-state index contributed by atoms with van der Waals surface area (Å²) in [6.45, 7) is 0.723. The average Bonchev–Trinajstić information content (AvgIpc) is 3.31. The third-order valence-corrected chi connectivity index (χ3v) is 5.02. The Kier molecular flexibility index (Phi) is 3.79. The molecule has 3 N–H and O–H groups in total. The molecule has 3 heteroatoms. The van der Waals surface area contributed by atoms with Crippen molar-refractivity contribution in [1.82, 2.24) is 5.32 Å². The molecule has 1 aromatic rings. The van der Waals surface area contributed by atoms with Crippen molar-refractivity contribution in [3.63, 3.8) is 0 Å². The molecule has 0 saturated heterocycles. The zero-order chi connectivity index (χ0) is 14.0. The third kappa shape index (κ3) is 2.88. The van der Waals surface area contributed by atoms with Gasteiger partial charge in [0.15, 0.2) is 0 Å². The molecule has 2 aliphatic carbocycles. The van der Waals surface area contributed by atoms with Gasteiger partial charge in [0.2, 0.25) is 5.91 Å². The quantitative estimate of drug-likeness (QED) is 0.865. The fourth-order valence-corrected chi connectivity index (χ4v) is 3.63. The Morgan fingerprint density at radius 3 is 2.60 bits per heavy atom. The molecule has 108 valence electrons. The summed E-state index contributed by atoms with van der Waals surface area (Å²) in [6, 6.07) is 10.2. The van der Waals surface area contributed by atoms with Crippen molar-refractivity contribution in [2.45, 2.75) is 50.6 Å². The van der Waals surface area contributed by atoms with Crippen LogP contribution in [0.4, 0.5) is 0 Å². The Bertz CT molecular complexity index is 469. The molecule has 0 spiro atoms. The van der Waals surface area contributed by atoms with Gasteiger partial charge in [-0.25, -0.2) is 0 Å². The minimum absolute atomic E-state index is 0.168. The van der Waals surface area contributed by atoms with Crippen LogP contribution in [0.2, 0.25) is 0 Å². The molecule has 1 amide bonds. The van der Waals surface area contributed by atoms with E-state index in [2.05, 4.69) is 17.4 Å². The zero-order valence-corrected chi connectivity index (χ0v) is 12.0. The number of hydrogen-bond acceptors (Lipinski definition) is 2. The number of rotatable bonds is 5. The summed E-state index contributed by atoms with van der Waals surface area (Å²) < 4.78 is 0. The Labute approximate surface area is 120 Å². The molecule has 3 rings (SSSR count). The molecule has 0 aliphatic heterocycles. The lowest BCUT2D eigenvalue weighted by Crippen LogP contribution is -2.57. The summed E-state index contributed by atoms with van der Waals surface area (Å²) in [5.41, 5.74) is 6.47. The Morgan fingerprint density at radius 2 is 1.95 bits per heavy atom. The van der Waals surface area contributed by atoms with Crippen molar-refractivity contribution in [2.24, 2.45) is 17.6 Å². The van der Waals surface area contributed by atoms with Crippen LogP contribution >= 0.6 is 0 Å².